The van der Waals surface area contributed by atoms with E-state index in [1.165, 1.54) is 0 Å². The summed E-state index contributed by atoms with van der Waals surface area (Å²) < 4.78 is 0.914. The molecule has 0 unspecified atom stereocenters. The molecule has 34 heavy (non-hydrogen) atoms. The number of carbonyl (C=O) groups is 2. The number of hydrogen-bond acceptors (Lipinski definition) is 3. The maximum Gasteiger partial charge on any atom is 0.256 e. The van der Waals surface area contributed by atoms with Crippen molar-refractivity contribution in [2.24, 2.45) is 0 Å². The van der Waals surface area contributed by atoms with E-state index in [1.807, 2.05) is 82.6 Å². The minimum atomic E-state index is -0.297. The highest BCUT2D eigenvalue weighted by Crippen LogP contribution is 2.30. The lowest BCUT2D eigenvalue weighted by atomic mass is 9.99. The second-order valence-electron chi connectivity index (χ2n) is 8.23. The van der Waals surface area contributed by atoms with Gasteiger partial charge in [0.05, 0.1) is 11.6 Å². The molecule has 0 N–H and O–H groups in total. The number of aromatic nitrogens is 1. The van der Waals surface area contributed by atoms with Gasteiger partial charge in [-0.25, -0.2) is 0 Å². The maximum absolute atomic E-state index is 13.6. The van der Waals surface area contributed by atoms with E-state index in [0.717, 1.165) is 20.8 Å². The summed E-state index contributed by atoms with van der Waals surface area (Å²) in [7, 11) is 0. The Morgan fingerprint density at radius 2 is 1.62 bits per heavy atom. The summed E-state index contributed by atoms with van der Waals surface area (Å²) in [4.78, 5) is 35.0. The van der Waals surface area contributed by atoms with Crippen LogP contribution in [0.25, 0.3) is 10.8 Å². The first-order valence-corrected chi connectivity index (χ1v) is 12.1. The smallest absolute Gasteiger partial charge is 0.256 e. The average molecular weight is 535 g/mol. The standard InChI is InChI=1S/C27H21BrClN3O2/c28-21-9-5-19(6-10-21)26(33)32-14-13-31(17-25(32)18-7-11-22(29)12-8-18)27(34)24-16-30-15-20-3-1-2-4-23(20)24/h1-12,15-16,25H,13-14,17H2/t25-/m1/s1. The zero-order valence-corrected chi connectivity index (χ0v) is 20.5. The number of piperazine rings is 1. The highest BCUT2D eigenvalue weighted by molar-refractivity contribution is 9.10. The second-order valence-corrected chi connectivity index (χ2v) is 9.58. The fraction of sp³-hybridized carbons (Fsp3) is 0.148. The number of halogens is 2. The zero-order chi connectivity index (χ0) is 23.7. The predicted octanol–water partition coefficient (Wildman–Crippen LogP) is 5.99. The van der Waals surface area contributed by atoms with Gasteiger partial charge < -0.3 is 9.80 Å². The Kier molecular flexibility index (Phi) is 6.35. The number of pyridine rings is 1. The van der Waals surface area contributed by atoms with Crippen molar-refractivity contribution in [2.75, 3.05) is 19.6 Å². The van der Waals surface area contributed by atoms with Crippen LogP contribution in [0.5, 0.6) is 0 Å². The van der Waals surface area contributed by atoms with E-state index in [9.17, 15) is 9.59 Å². The van der Waals surface area contributed by atoms with Crippen LogP contribution in [-0.4, -0.2) is 46.2 Å². The molecule has 170 valence electrons. The lowest BCUT2D eigenvalue weighted by Crippen LogP contribution is -2.52. The van der Waals surface area contributed by atoms with Gasteiger partial charge >= 0.3 is 0 Å². The first-order valence-electron chi connectivity index (χ1n) is 11.0. The van der Waals surface area contributed by atoms with Crippen LogP contribution in [0.3, 0.4) is 0 Å². The average Bonchev–Trinajstić information content (AvgIpc) is 2.88. The molecule has 2 amide bonds. The molecule has 3 aromatic carbocycles. The number of benzene rings is 3. The molecule has 1 aromatic heterocycles. The van der Waals surface area contributed by atoms with Gasteiger partial charge in [0.15, 0.2) is 0 Å². The topological polar surface area (TPSA) is 53.5 Å². The largest absolute Gasteiger partial charge is 0.334 e. The lowest BCUT2D eigenvalue weighted by Gasteiger charge is -2.42. The normalized spacial score (nSPS) is 16.0. The van der Waals surface area contributed by atoms with E-state index in [1.54, 1.807) is 12.4 Å². The van der Waals surface area contributed by atoms with Gasteiger partial charge in [-0.3, -0.25) is 14.6 Å². The molecule has 0 saturated carbocycles. The summed E-state index contributed by atoms with van der Waals surface area (Å²) >= 11 is 9.54. The highest BCUT2D eigenvalue weighted by atomic mass is 79.9. The van der Waals surface area contributed by atoms with E-state index in [-0.39, 0.29) is 17.9 Å². The van der Waals surface area contributed by atoms with Crippen LogP contribution in [0.1, 0.15) is 32.3 Å². The van der Waals surface area contributed by atoms with Crippen molar-refractivity contribution < 1.29 is 9.59 Å². The number of nitrogens with zero attached hydrogens (tertiary/aromatic N) is 3. The van der Waals surface area contributed by atoms with Crippen LogP contribution in [0.15, 0.2) is 89.7 Å². The molecule has 1 aliphatic heterocycles. The Morgan fingerprint density at radius 3 is 2.38 bits per heavy atom. The third-order valence-corrected chi connectivity index (χ3v) is 6.95. The molecule has 5 nitrogen and oxygen atoms in total. The Balaban J connectivity index is 1.47. The van der Waals surface area contributed by atoms with Gasteiger partial charge in [0, 0.05) is 52.5 Å². The molecular formula is C27H21BrClN3O2. The summed E-state index contributed by atoms with van der Waals surface area (Å²) in [5.74, 6) is -0.148. The third kappa shape index (κ3) is 4.43. The number of fused-ring (bicyclic) bond motifs is 1. The molecule has 0 bridgehead atoms. The highest BCUT2D eigenvalue weighted by Gasteiger charge is 2.34. The van der Waals surface area contributed by atoms with E-state index >= 15 is 0 Å². The van der Waals surface area contributed by atoms with E-state index < -0.39 is 0 Å². The number of hydrogen-bond donors (Lipinski definition) is 0. The molecule has 0 spiro atoms. The van der Waals surface area contributed by atoms with Gasteiger partial charge in [0.1, 0.15) is 0 Å². The van der Waals surface area contributed by atoms with Crippen molar-refractivity contribution in [3.63, 3.8) is 0 Å². The molecule has 1 fully saturated rings. The van der Waals surface area contributed by atoms with Crippen LogP contribution >= 0.6 is 27.5 Å². The van der Waals surface area contributed by atoms with Gasteiger partial charge in [0.25, 0.3) is 11.8 Å². The van der Waals surface area contributed by atoms with Gasteiger partial charge in [0.2, 0.25) is 0 Å². The minimum Gasteiger partial charge on any atom is -0.334 e. The fourth-order valence-corrected chi connectivity index (χ4v) is 4.79. The van der Waals surface area contributed by atoms with Crippen LogP contribution in [0.4, 0.5) is 0 Å². The predicted molar refractivity (Wildman–Crippen MR) is 137 cm³/mol. The lowest BCUT2D eigenvalue weighted by molar-refractivity contribution is 0.0384. The summed E-state index contributed by atoms with van der Waals surface area (Å²) in [5.41, 5.74) is 2.12. The van der Waals surface area contributed by atoms with Gasteiger partial charge in [-0.1, -0.05) is 63.9 Å². The van der Waals surface area contributed by atoms with Crippen molar-refractivity contribution in [1.29, 1.82) is 0 Å². The number of amides is 2. The molecule has 1 saturated heterocycles. The van der Waals surface area contributed by atoms with Gasteiger partial charge in [-0.15, -0.1) is 0 Å². The molecule has 0 aliphatic carbocycles. The maximum atomic E-state index is 13.6. The van der Waals surface area contributed by atoms with Crippen molar-refractivity contribution in [3.05, 3.63) is 111 Å². The Labute approximate surface area is 211 Å². The summed E-state index contributed by atoms with van der Waals surface area (Å²) in [6.45, 7) is 1.24. The summed E-state index contributed by atoms with van der Waals surface area (Å²) in [6.07, 6.45) is 3.39. The second kappa shape index (κ2) is 9.57. The fourth-order valence-electron chi connectivity index (χ4n) is 4.40. The molecule has 1 atom stereocenters. The van der Waals surface area contributed by atoms with Crippen molar-refractivity contribution in [1.82, 2.24) is 14.8 Å². The third-order valence-electron chi connectivity index (χ3n) is 6.17. The number of rotatable bonds is 3. The van der Waals surface area contributed by atoms with Crippen LogP contribution in [0.2, 0.25) is 5.02 Å². The van der Waals surface area contributed by atoms with E-state index in [4.69, 9.17) is 11.6 Å². The van der Waals surface area contributed by atoms with E-state index in [0.29, 0.717) is 35.8 Å². The Morgan fingerprint density at radius 1 is 0.882 bits per heavy atom. The Hall–Kier alpha value is -3.22. The van der Waals surface area contributed by atoms with Gasteiger partial charge in [-0.05, 0) is 47.3 Å². The van der Waals surface area contributed by atoms with Crippen molar-refractivity contribution in [3.8, 4) is 0 Å². The minimum absolute atomic E-state index is 0.0635. The molecule has 5 rings (SSSR count). The monoisotopic (exact) mass is 533 g/mol. The Bertz CT molecular complexity index is 1350. The SMILES string of the molecule is O=C(c1cncc2ccccc12)N1CCN(C(=O)c2ccc(Br)cc2)[C@@H](c2ccc(Cl)cc2)C1. The molecule has 7 heteroatoms. The molecule has 2 heterocycles. The van der Waals surface area contributed by atoms with Crippen molar-refractivity contribution in [2.45, 2.75) is 6.04 Å². The first kappa shape index (κ1) is 22.6. The summed E-state index contributed by atoms with van der Waals surface area (Å²) in [5, 5.41) is 2.42. The van der Waals surface area contributed by atoms with Crippen LogP contribution < -0.4 is 0 Å². The molecule has 4 aromatic rings. The van der Waals surface area contributed by atoms with Gasteiger partial charge in [-0.2, -0.15) is 0 Å². The first-order chi connectivity index (χ1) is 16.5. The molecule has 0 radical (unpaired) electrons. The molecule has 1 aliphatic rings. The summed E-state index contributed by atoms with van der Waals surface area (Å²) in [6, 6.07) is 22.2. The number of carbonyl (C=O) groups excluding carboxylic acids is 2. The van der Waals surface area contributed by atoms with Crippen LogP contribution in [-0.2, 0) is 0 Å². The van der Waals surface area contributed by atoms with Crippen LogP contribution in [0, 0.1) is 0 Å². The quantitative estimate of drug-likeness (QED) is 0.324. The zero-order valence-electron chi connectivity index (χ0n) is 18.2. The molecular weight excluding hydrogens is 514 g/mol. The van der Waals surface area contributed by atoms with E-state index in [2.05, 4.69) is 20.9 Å². The van der Waals surface area contributed by atoms with Crippen molar-refractivity contribution >= 4 is 50.1 Å².